The van der Waals surface area contributed by atoms with Crippen molar-refractivity contribution in [2.45, 2.75) is 44.1 Å². The van der Waals surface area contributed by atoms with Crippen LogP contribution in [0, 0.1) is 0 Å². The number of para-hydroxylation sites is 1. The van der Waals surface area contributed by atoms with Crippen LogP contribution in [0.2, 0.25) is 0 Å². The molecule has 1 saturated carbocycles. The van der Waals surface area contributed by atoms with Crippen LogP contribution in [-0.4, -0.2) is 29.6 Å². The third-order valence-corrected chi connectivity index (χ3v) is 5.05. The number of nitrogens with zero attached hydrogens (tertiary/aromatic N) is 2. The van der Waals surface area contributed by atoms with E-state index in [1.807, 2.05) is 30.3 Å². The zero-order valence-corrected chi connectivity index (χ0v) is 14.0. The zero-order valence-electron chi connectivity index (χ0n) is 14.0. The molecule has 0 spiro atoms. The Kier molecular flexibility index (Phi) is 4.26. The minimum Gasteiger partial charge on any atom is -0.351 e. The van der Waals surface area contributed by atoms with E-state index < -0.39 is 0 Å². The van der Waals surface area contributed by atoms with E-state index in [2.05, 4.69) is 10.5 Å². The van der Waals surface area contributed by atoms with Crippen molar-refractivity contribution in [3.63, 3.8) is 0 Å². The number of carbonyl (C=O) groups is 2. The van der Waals surface area contributed by atoms with Crippen LogP contribution in [0.25, 0.3) is 0 Å². The Hall–Kier alpha value is -2.63. The first-order valence-corrected chi connectivity index (χ1v) is 8.83. The number of anilines is 1. The number of benzene rings is 1. The lowest BCUT2D eigenvalue weighted by atomic mass is 10.0. The summed E-state index contributed by atoms with van der Waals surface area (Å²) in [7, 11) is 0. The zero-order chi connectivity index (χ0) is 17.2. The number of rotatable bonds is 4. The molecule has 25 heavy (non-hydrogen) atoms. The highest BCUT2D eigenvalue weighted by Gasteiger charge is 2.32. The van der Waals surface area contributed by atoms with Crippen molar-refractivity contribution in [1.82, 2.24) is 10.5 Å². The van der Waals surface area contributed by atoms with Gasteiger partial charge in [-0.2, -0.15) is 0 Å². The average Bonchev–Trinajstić information content (AvgIpc) is 3.36. The van der Waals surface area contributed by atoms with Crippen LogP contribution < -0.4 is 10.2 Å². The van der Waals surface area contributed by atoms with E-state index in [-0.39, 0.29) is 23.6 Å². The summed E-state index contributed by atoms with van der Waals surface area (Å²) in [6, 6.07) is 11.0. The highest BCUT2D eigenvalue weighted by atomic mass is 16.5. The standard InChI is InChI=1S/C19H21N3O3/c23-18-10-14(12-22(18)15-8-2-1-3-9-15)20-19(24)17-11-16(21-25-17)13-6-4-5-7-13/h1-3,8-9,11,13-14H,4-7,10,12H2,(H,20,24). The molecule has 130 valence electrons. The second-order valence-corrected chi connectivity index (χ2v) is 6.81. The lowest BCUT2D eigenvalue weighted by Crippen LogP contribution is -2.37. The van der Waals surface area contributed by atoms with E-state index in [4.69, 9.17) is 4.52 Å². The summed E-state index contributed by atoms with van der Waals surface area (Å²) >= 11 is 0. The van der Waals surface area contributed by atoms with Gasteiger partial charge >= 0.3 is 0 Å². The average molecular weight is 339 g/mol. The molecule has 0 radical (unpaired) electrons. The van der Waals surface area contributed by atoms with Gasteiger partial charge in [0.25, 0.3) is 5.91 Å². The normalized spacial score (nSPS) is 21.0. The molecule has 6 nitrogen and oxygen atoms in total. The molecule has 1 aromatic heterocycles. The van der Waals surface area contributed by atoms with Crippen LogP contribution >= 0.6 is 0 Å². The first-order valence-electron chi connectivity index (χ1n) is 8.83. The number of carbonyl (C=O) groups excluding carboxylic acids is 2. The second-order valence-electron chi connectivity index (χ2n) is 6.81. The van der Waals surface area contributed by atoms with Crippen LogP contribution in [0.5, 0.6) is 0 Å². The van der Waals surface area contributed by atoms with E-state index in [0.29, 0.717) is 18.9 Å². The minimum atomic E-state index is -0.301. The Labute approximate surface area is 146 Å². The molecular formula is C19H21N3O3. The highest BCUT2D eigenvalue weighted by Crippen LogP contribution is 2.33. The lowest BCUT2D eigenvalue weighted by Gasteiger charge is -2.16. The largest absolute Gasteiger partial charge is 0.351 e. The minimum absolute atomic E-state index is 0.0146. The van der Waals surface area contributed by atoms with Gasteiger partial charge < -0.3 is 14.7 Å². The first kappa shape index (κ1) is 15.9. The van der Waals surface area contributed by atoms with Crippen molar-refractivity contribution < 1.29 is 14.1 Å². The van der Waals surface area contributed by atoms with Crippen molar-refractivity contribution in [3.05, 3.63) is 47.9 Å². The summed E-state index contributed by atoms with van der Waals surface area (Å²) in [5, 5.41) is 6.95. The van der Waals surface area contributed by atoms with Gasteiger partial charge in [-0.05, 0) is 25.0 Å². The molecule has 2 amide bonds. The monoisotopic (exact) mass is 339 g/mol. The van der Waals surface area contributed by atoms with Crippen LogP contribution in [0.1, 0.15) is 54.3 Å². The molecule has 1 saturated heterocycles. The number of amides is 2. The Bertz CT molecular complexity index is 765. The van der Waals surface area contributed by atoms with Gasteiger partial charge in [0.1, 0.15) is 0 Å². The summed E-state index contributed by atoms with van der Waals surface area (Å²) in [6.45, 7) is 0.470. The fourth-order valence-electron chi connectivity index (χ4n) is 3.73. The van der Waals surface area contributed by atoms with Gasteiger partial charge in [0, 0.05) is 30.6 Å². The van der Waals surface area contributed by atoms with Crippen molar-refractivity contribution in [2.75, 3.05) is 11.4 Å². The van der Waals surface area contributed by atoms with E-state index in [0.717, 1.165) is 24.2 Å². The fraction of sp³-hybridized carbons (Fsp3) is 0.421. The topological polar surface area (TPSA) is 75.4 Å². The number of hydrogen-bond donors (Lipinski definition) is 1. The molecule has 1 unspecified atom stereocenters. The predicted octanol–water partition coefficient (Wildman–Crippen LogP) is 2.87. The number of hydrogen-bond acceptors (Lipinski definition) is 4. The van der Waals surface area contributed by atoms with Gasteiger partial charge in [0.15, 0.2) is 0 Å². The summed E-state index contributed by atoms with van der Waals surface area (Å²) in [6.07, 6.45) is 4.93. The van der Waals surface area contributed by atoms with Crippen molar-refractivity contribution in [2.24, 2.45) is 0 Å². The van der Waals surface area contributed by atoms with Crippen LogP contribution in [0.3, 0.4) is 0 Å². The molecule has 1 atom stereocenters. The van der Waals surface area contributed by atoms with Gasteiger partial charge in [-0.15, -0.1) is 0 Å². The quantitative estimate of drug-likeness (QED) is 0.929. The Balaban J connectivity index is 1.39. The molecular weight excluding hydrogens is 318 g/mol. The second kappa shape index (κ2) is 6.70. The summed E-state index contributed by atoms with van der Waals surface area (Å²) in [5.41, 5.74) is 1.73. The molecule has 0 bridgehead atoms. The maximum Gasteiger partial charge on any atom is 0.290 e. The van der Waals surface area contributed by atoms with E-state index in [1.54, 1.807) is 11.0 Å². The van der Waals surface area contributed by atoms with Gasteiger partial charge in [-0.25, -0.2) is 0 Å². The van der Waals surface area contributed by atoms with Crippen LogP contribution in [-0.2, 0) is 4.79 Å². The summed E-state index contributed by atoms with van der Waals surface area (Å²) in [5.74, 6) is 0.351. The van der Waals surface area contributed by atoms with Crippen molar-refractivity contribution in [1.29, 1.82) is 0 Å². The maximum atomic E-state index is 12.4. The predicted molar refractivity (Wildman–Crippen MR) is 92.4 cm³/mol. The van der Waals surface area contributed by atoms with E-state index >= 15 is 0 Å². The van der Waals surface area contributed by atoms with Crippen molar-refractivity contribution in [3.8, 4) is 0 Å². The highest BCUT2D eigenvalue weighted by molar-refractivity contribution is 5.98. The Morgan fingerprint density at radius 3 is 2.72 bits per heavy atom. The molecule has 1 N–H and O–H groups in total. The van der Waals surface area contributed by atoms with Gasteiger partial charge in [0.2, 0.25) is 11.7 Å². The van der Waals surface area contributed by atoms with Crippen LogP contribution in [0.15, 0.2) is 40.9 Å². The molecule has 1 aromatic carbocycles. The third kappa shape index (κ3) is 3.29. The Morgan fingerprint density at radius 2 is 1.96 bits per heavy atom. The maximum absolute atomic E-state index is 12.4. The van der Waals surface area contributed by atoms with Gasteiger partial charge in [0.05, 0.1) is 11.7 Å². The number of aromatic nitrogens is 1. The SMILES string of the molecule is O=C(NC1CC(=O)N(c2ccccc2)C1)c1cc(C2CCCC2)no1. The molecule has 2 aromatic rings. The molecule has 4 rings (SSSR count). The third-order valence-electron chi connectivity index (χ3n) is 5.05. The van der Waals surface area contributed by atoms with E-state index in [9.17, 15) is 9.59 Å². The molecule has 2 aliphatic rings. The molecule has 1 aliphatic heterocycles. The Morgan fingerprint density at radius 1 is 1.20 bits per heavy atom. The van der Waals surface area contributed by atoms with Gasteiger partial charge in [-0.1, -0.05) is 36.2 Å². The fourth-order valence-corrected chi connectivity index (χ4v) is 3.73. The van der Waals surface area contributed by atoms with Crippen molar-refractivity contribution >= 4 is 17.5 Å². The molecule has 2 fully saturated rings. The smallest absolute Gasteiger partial charge is 0.290 e. The molecule has 2 heterocycles. The first-order chi connectivity index (χ1) is 12.2. The summed E-state index contributed by atoms with van der Waals surface area (Å²) in [4.78, 5) is 26.3. The van der Waals surface area contributed by atoms with Crippen LogP contribution in [0.4, 0.5) is 5.69 Å². The van der Waals surface area contributed by atoms with Gasteiger partial charge in [-0.3, -0.25) is 9.59 Å². The summed E-state index contributed by atoms with van der Waals surface area (Å²) < 4.78 is 5.23. The molecule has 1 aliphatic carbocycles. The van der Waals surface area contributed by atoms with E-state index in [1.165, 1.54) is 12.8 Å². The number of nitrogens with one attached hydrogen (secondary N) is 1. The lowest BCUT2D eigenvalue weighted by molar-refractivity contribution is -0.117. The molecule has 6 heteroatoms.